The molecule has 0 radical (unpaired) electrons. The van der Waals surface area contributed by atoms with Gasteiger partial charge in [0.2, 0.25) is 5.91 Å². The number of thioether (sulfide) groups is 1. The summed E-state index contributed by atoms with van der Waals surface area (Å²) in [5.74, 6) is -0.0165. The van der Waals surface area contributed by atoms with Crippen molar-refractivity contribution in [3.8, 4) is 11.5 Å². The van der Waals surface area contributed by atoms with Crippen LogP contribution in [0.3, 0.4) is 0 Å². The molecule has 1 amide bonds. The molecule has 10 nitrogen and oxygen atoms in total. The standard InChI is InChI=1S/C29H37N3O7S/c1-7-38-27(34)19-9-8-12-31(15-19)24(33)13-20-16-40-29-30-18(4)25(28(35)39-17(2)3)26(32(20)29)22-14-21(36-5)10-11-23(22)37-6/h10-11,14,16-17,19,26H,7-9,12-13,15H2,1-6H3/t19-,26-/m1/s1. The summed E-state index contributed by atoms with van der Waals surface area (Å²) >= 11 is 1.40. The van der Waals surface area contributed by atoms with E-state index >= 15 is 0 Å². The first-order valence-corrected chi connectivity index (χ1v) is 14.4. The van der Waals surface area contributed by atoms with Crippen LogP contribution in [0.4, 0.5) is 0 Å². The third kappa shape index (κ3) is 6.14. The molecule has 0 saturated carbocycles. The van der Waals surface area contributed by atoms with Gasteiger partial charge in [-0.3, -0.25) is 9.59 Å². The molecule has 1 fully saturated rings. The van der Waals surface area contributed by atoms with Crippen molar-refractivity contribution in [3.05, 3.63) is 46.1 Å². The fraction of sp³-hybridized carbons (Fsp3) is 0.517. The monoisotopic (exact) mass is 571 g/mol. The van der Waals surface area contributed by atoms with E-state index in [1.54, 1.807) is 58.9 Å². The van der Waals surface area contributed by atoms with Crippen molar-refractivity contribution in [1.29, 1.82) is 0 Å². The molecule has 2 atom stereocenters. The molecule has 0 N–H and O–H groups in total. The fourth-order valence-corrected chi connectivity index (χ4v) is 6.14. The Balaban J connectivity index is 1.69. The highest BCUT2D eigenvalue weighted by Crippen LogP contribution is 2.48. The molecule has 3 heterocycles. The molecular weight excluding hydrogens is 534 g/mol. The van der Waals surface area contributed by atoms with Gasteiger partial charge >= 0.3 is 11.9 Å². The number of rotatable bonds is 9. The number of esters is 2. The smallest absolute Gasteiger partial charge is 0.338 e. The highest BCUT2D eigenvalue weighted by molar-refractivity contribution is 8.16. The maximum Gasteiger partial charge on any atom is 0.338 e. The number of piperidine rings is 1. The number of likely N-dealkylation sites (tertiary alicyclic amines) is 1. The lowest BCUT2D eigenvalue weighted by Gasteiger charge is -2.38. The minimum Gasteiger partial charge on any atom is -0.497 e. The summed E-state index contributed by atoms with van der Waals surface area (Å²) in [6, 6.07) is 4.75. The average molecular weight is 572 g/mol. The lowest BCUT2D eigenvalue weighted by atomic mass is 9.92. The summed E-state index contributed by atoms with van der Waals surface area (Å²) in [5, 5.41) is 2.55. The Morgan fingerprint density at radius 3 is 2.62 bits per heavy atom. The van der Waals surface area contributed by atoms with Gasteiger partial charge in [0, 0.05) is 24.4 Å². The lowest BCUT2D eigenvalue weighted by Crippen LogP contribution is -2.44. The molecule has 0 spiro atoms. The van der Waals surface area contributed by atoms with Gasteiger partial charge in [0.15, 0.2) is 5.17 Å². The number of allylic oxidation sites excluding steroid dienone is 1. The Kier molecular flexibility index (Phi) is 9.44. The van der Waals surface area contributed by atoms with E-state index in [0.717, 1.165) is 6.42 Å². The van der Waals surface area contributed by atoms with E-state index in [0.29, 0.717) is 65.3 Å². The molecule has 1 aromatic carbocycles. The number of hydrogen-bond acceptors (Lipinski definition) is 10. The second kappa shape index (κ2) is 12.8. The predicted molar refractivity (Wildman–Crippen MR) is 152 cm³/mol. The number of aliphatic imine (C=N–C) groups is 1. The van der Waals surface area contributed by atoms with Crippen LogP contribution in [-0.2, 0) is 23.9 Å². The fourth-order valence-electron chi connectivity index (χ4n) is 5.18. The van der Waals surface area contributed by atoms with E-state index in [2.05, 4.69) is 0 Å². The number of nitrogens with zero attached hydrogens (tertiary/aromatic N) is 3. The number of ether oxygens (including phenoxy) is 4. The minimum atomic E-state index is -0.661. The number of benzene rings is 1. The number of carbonyl (C=O) groups is 3. The van der Waals surface area contributed by atoms with Crippen LogP contribution in [0, 0.1) is 5.92 Å². The van der Waals surface area contributed by atoms with Crippen molar-refractivity contribution < 1.29 is 33.3 Å². The van der Waals surface area contributed by atoms with Crippen LogP contribution >= 0.6 is 11.8 Å². The van der Waals surface area contributed by atoms with E-state index in [1.165, 1.54) is 11.8 Å². The summed E-state index contributed by atoms with van der Waals surface area (Å²) < 4.78 is 22.1. The van der Waals surface area contributed by atoms with Crippen LogP contribution in [0.15, 0.2) is 45.6 Å². The number of fused-ring (bicyclic) bond motifs is 1. The quantitative estimate of drug-likeness (QED) is 0.398. The van der Waals surface area contributed by atoms with Gasteiger partial charge in [0.25, 0.3) is 0 Å². The summed E-state index contributed by atoms with van der Waals surface area (Å²) in [5.41, 5.74) is 2.29. The highest BCUT2D eigenvalue weighted by atomic mass is 32.2. The molecule has 1 saturated heterocycles. The van der Waals surface area contributed by atoms with E-state index in [-0.39, 0.29) is 30.3 Å². The van der Waals surface area contributed by atoms with Crippen LogP contribution < -0.4 is 9.47 Å². The van der Waals surface area contributed by atoms with Crippen molar-refractivity contribution in [2.75, 3.05) is 33.9 Å². The normalized spacial score (nSPS) is 20.6. The topological polar surface area (TPSA) is 107 Å². The third-order valence-corrected chi connectivity index (χ3v) is 7.91. The summed E-state index contributed by atoms with van der Waals surface area (Å²) in [4.78, 5) is 47.8. The molecule has 0 aliphatic carbocycles. The molecular formula is C29H37N3O7S. The van der Waals surface area contributed by atoms with Gasteiger partial charge in [0.05, 0.1) is 56.6 Å². The average Bonchev–Trinajstić information content (AvgIpc) is 3.33. The van der Waals surface area contributed by atoms with Gasteiger partial charge in [-0.15, -0.1) is 0 Å². The first-order chi connectivity index (χ1) is 19.2. The van der Waals surface area contributed by atoms with Crippen LogP contribution in [0.1, 0.15) is 58.6 Å². The molecule has 11 heteroatoms. The molecule has 40 heavy (non-hydrogen) atoms. The van der Waals surface area contributed by atoms with E-state index < -0.39 is 12.0 Å². The summed E-state index contributed by atoms with van der Waals surface area (Å²) in [6.07, 6.45) is 1.18. The zero-order valence-electron chi connectivity index (χ0n) is 23.9. The van der Waals surface area contributed by atoms with Crippen LogP contribution in [-0.4, -0.2) is 72.8 Å². The molecule has 1 aromatic rings. The second-order valence-corrected chi connectivity index (χ2v) is 10.9. The number of amides is 1. The maximum absolute atomic E-state index is 13.6. The summed E-state index contributed by atoms with van der Waals surface area (Å²) in [7, 11) is 3.15. The molecule has 4 rings (SSSR count). The van der Waals surface area contributed by atoms with Crippen LogP contribution in [0.25, 0.3) is 0 Å². The van der Waals surface area contributed by atoms with E-state index in [1.807, 2.05) is 16.4 Å². The van der Waals surface area contributed by atoms with E-state index in [9.17, 15) is 14.4 Å². The Morgan fingerprint density at radius 2 is 1.95 bits per heavy atom. The van der Waals surface area contributed by atoms with Gasteiger partial charge in [-0.05, 0) is 64.1 Å². The van der Waals surface area contributed by atoms with E-state index in [4.69, 9.17) is 23.9 Å². The van der Waals surface area contributed by atoms with Gasteiger partial charge < -0.3 is 28.7 Å². The van der Waals surface area contributed by atoms with Gasteiger partial charge in [0.1, 0.15) is 11.5 Å². The second-order valence-electron chi connectivity index (χ2n) is 10.1. The van der Waals surface area contributed by atoms with Crippen LogP contribution in [0.2, 0.25) is 0 Å². The zero-order valence-corrected chi connectivity index (χ0v) is 24.7. The summed E-state index contributed by atoms with van der Waals surface area (Å²) in [6.45, 7) is 8.38. The van der Waals surface area contributed by atoms with Crippen molar-refractivity contribution in [2.24, 2.45) is 10.9 Å². The van der Waals surface area contributed by atoms with Crippen molar-refractivity contribution >= 4 is 34.8 Å². The molecule has 216 valence electrons. The Morgan fingerprint density at radius 1 is 1.18 bits per heavy atom. The van der Waals surface area contributed by atoms with Crippen molar-refractivity contribution in [1.82, 2.24) is 9.80 Å². The predicted octanol–water partition coefficient (Wildman–Crippen LogP) is 4.42. The van der Waals surface area contributed by atoms with Gasteiger partial charge in [-0.2, -0.15) is 0 Å². The van der Waals surface area contributed by atoms with Crippen LogP contribution in [0.5, 0.6) is 11.5 Å². The first kappa shape index (κ1) is 29.5. The number of hydrogen-bond donors (Lipinski definition) is 0. The Bertz CT molecular complexity index is 1260. The first-order valence-electron chi connectivity index (χ1n) is 13.5. The van der Waals surface area contributed by atoms with Crippen molar-refractivity contribution in [3.63, 3.8) is 0 Å². The van der Waals surface area contributed by atoms with Crippen molar-refractivity contribution in [2.45, 2.75) is 59.1 Å². The highest BCUT2D eigenvalue weighted by Gasteiger charge is 2.43. The zero-order chi connectivity index (χ0) is 29.0. The Labute approximate surface area is 239 Å². The third-order valence-electron chi connectivity index (χ3n) is 7.02. The largest absolute Gasteiger partial charge is 0.497 e. The maximum atomic E-state index is 13.6. The molecule has 0 unspecified atom stereocenters. The number of methoxy groups -OCH3 is 2. The van der Waals surface area contributed by atoms with Gasteiger partial charge in [-0.25, -0.2) is 9.79 Å². The lowest BCUT2D eigenvalue weighted by molar-refractivity contribution is -0.151. The number of carbonyl (C=O) groups excluding carboxylic acids is 3. The molecule has 0 aromatic heterocycles. The Hall–Kier alpha value is -3.47. The molecule has 3 aliphatic heterocycles. The minimum absolute atomic E-state index is 0.0793. The molecule has 3 aliphatic rings. The SMILES string of the molecule is CCOC(=O)[C@@H]1CCCN(C(=O)CC2=CSC3=NC(C)=C(C(=O)OC(C)C)[C@@H](c4cc(OC)ccc4OC)N23)C1. The molecule has 0 bridgehead atoms. The number of amidine groups is 1. The van der Waals surface area contributed by atoms with Gasteiger partial charge in [-0.1, -0.05) is 11.8 Å².